The topological polar surface area (TPSA) is 68.2 Å². The Balaban J connectivity index is 2.01. The maximum Gasteiger partial charge on any atom is 0.344 e. The lowest BCUT2D eigenvalue weighted by Crippen LogP contribution is -2.22. The molecule has 0 aliphatic carbocycles. The quantitative estimate of drug-likeness (QED) is 0.349. The van der Waals surface area contributed by atoms with Crippen LogP contribution < -0.4 is 10.6 Å². The van der Waals surface area contributed by atoms with Gasteiger partial charge in [-0.05, 0) is 49.7 Å². The standard InChI is InChI=1S/C20H20N4O2S2/c1-3-26-19(25)16-17(22-20(27)21-14-10-6-4-7-11-14)24(23-18(16)28-2)15-12-8-5-9-13-15/h4-13H,3H2,1-2H3,(H2,21,22,27). The van der Waals surface area contributed by atoms with Crippen LogP contribution in [0, 0.1) is 0 Å². The summed E-state index contributed by atoms with van der Waals surface area (Å²) in [6.45, 7) is 2.04. The van der Waals surface area contributed by atoms with Crippen LogP contribution in [-0.4, -0.2) is 33.7 Å². The van der Waals surface area contributed by atoms with Gasteiger partial charge in [0.25, 0.3) is 0 Å². The molecule has 2 N–H and O–H groups in total. The molecule has 0 fully saturated rings. The highest BCUT2D eigenvalue weighted by atomic mass is 32.2. The van der Waals surface area contributed by atoms with Gasteiger partial charge in [0.05, 0.1) is 12.3 Å². The number of anilines is 2. The van der Waals surface area contributed by atoms with Crippen LogP contribution in [0.25, 0.3) is 5.69 Å². The summed E-state index contributed by atoms with van der Waals surface area (Å²) < 4.78 is 6.91. The first kappa shape index (κ1) is 19.9. The van der Waals surface area contributed by atoms with Gasteiger partial charge < -0.3 is 15.4 Å². The zero-order valence-corrected chi connectivity index (χ0v) is 17.1. The van der Waals surface area contributed by atoms with Crippen molar-refractivity contribution in [1.29, 1.82) is 0 Å². The van der Waals surface area contributed by atoms with Gasteiger partial charge in [0.15, 0.2) is 10.9 Å². The summed E-state index contributed by atoms with van der Waals surface area (Å²) >= 11 is 6.84. The van der Waals surface area contributed by atoms with Gasteiger partial charge in [-0.3, -0.25) is 0 Å². The summed E-state index contributed by atoms with van der Waals surface area (Å²) in [5.74, 6) is 0.0153. The zero-order valence-electron chi connectivity index (χ0n) is 15.5. The number of rotatable bonds is 6. The Kier molecular flexibility index (Phi) is 6.67. The summed E-state index contributed by atoms with van der Waals surface area (Å²) in [4.78, 5) is 12.6. The fourth-order valence-electron chi connectivity index (χ4n) is 2.59. The van der Waals surface area contributed by atoms with Crippen molar-refractivity contribution in [2.45, 2.75) is 11.9 Å². The van der Waals surface area contributed by atoms with Crippen molar-refractivity contribution in [2.24, 2.45) is 0 Å². The maximum absolute atomic E-state index is 12.6. The molecule has 28 heavy (non-hydrogen) atoms. The van der Waals surface area contributed by atoms with E-state index in [4.69, 9.17) is 17.0 Å². The van der Waals surface area contributed by atoms with Crippen LogP contribution in [0.4, 0.5) is 11.5 Å². The van der Waals surface area contributed by atoms with Crippen LogP contribution in [0.2, 0.25) is 0 Å². The van der Waals surface area contributed by atoms with Crippen molar-refractivity contribution >= 4 is 46.6 Å². The van der Waals surface area contributed by atoms with Gasteiger partial charge in [0.1, 0.15) is 10.6 Å². The number of nitrogens with zero attached hydrogens (tertiary/aromatic N) is 2. The predicted molar refractivity (Wildman–Crippen MR) is 118 cm³/mol. The third kappa shape index (κ3) is 4.52. The number of carbonyl (C=O) groups excluding carboxylic acids is 1. The van der Waals surface area contributed by atoms with E-state index in [-0.39, 0.29) is 6.61 Å². The lowest BCUT2D eigenvalue weighted by molar-refractivity contribution is 0.0523. The number of hydrogen-bond acceptors (Lipinski definition) is 5. The lowest BCUT2D eigenvalue weighted by Gasteiger charge is -2.14. The summed E-state index contributed by atoms with van der Waals surface area (Å²) in [7, 11) is 0. The number of para-hydroxylation sites is 2. The highest BCUT2D eigenvalue weighted by Gasteiger charge is 2.26. The molecule has 0 atom stereocenters. The molecule has 0 aliphatic rings. The second kappa shape index (κ2) is 9.38. The molecular formula is C20H20N4O2S2. The van der Waals surface area contributed by atoms with E-state index < -0.39 is 5.97 Å². The normalized spacial score (nSPS) is 10.4. The molecule has 0 radical (unpaired) electrons. The monoisotopic (exact) mass is 412 g/mol. The molecule has 3 aromatic rings. The van der Waals surface area contributed by atoms with Gasteiger partial charge in [-0.2, -0.15) is 5.10 Å². The molecule has 3 rings (SSSR count). The molecule has 0 aliphatic heterocycles. The Morgan fingerprint density at radius 1 is 1.11 bits per heavy atom. The molecule has 0 bridgehead atoms. The van der Waals surface area contributed by atoms with Gasteiger partial charge in [0, 0.05) is 5.69 Å². The Hall–Kier alpha value is -2.84. The minimum absolute atomic E-state index is 0.273. The van der Waals surface area contributed by atoms with Crippen LogP contribution in [-0.2, 0) is 4.74 Å². The summed E-state index contributed by atoms with van der Waals surface area (Å²) in [5.41, 5.74) is 2.00. The number of thioether (sulfide) groups is 1. The number of nitrogens with one attached hydrogen (secondary N) is 2. The number of carbonyl (C=O) groups is 1. The predicted octanol–water partition coefficient (Wildman–Crippen LogP) is 4.58. The van der Waals surface area contributed by atoms with Crippen LogP contribution in [0.3, 0.4) is 0 Å². The largest absolute Gasteiger partial charge is 0.462 e. The second-order valence-electron chi connectivity index (χ2n) is 5.65. The van der Waals surface area contributed by atoms with Crippen molar-refractivity contribution in [3.05, 3.63) is 66.2 Å². The summed E-state index contributed by atoms with van der Waals surface area (Å²) in [5, 5.41) is 11.7. The van der Waals surface area contributed by atoms with Gasteiger partial charge in [-0.1, -0.05) is 36.4 Å². The van der Waals surface area contributed by atoms with E-state index in [0.29, 0.717) is 21.5 Å². The van der Waals surface area contributed by atoms with Gasteiger partial charge in [-0.15, -0.1) is 11.8 Å². The zero-order chi connectivity index (χ0) is 19.9. The van der Waals surface area contributed by atoms with Gasteiger partial charge in [0.2, 0.25) is 0 Å². The number of aromatic nitrogens is 2. The first-order chi connectivity index (χ1) is 13.6. The van der Waals surface area contributed by atoms with E-state index in [1.807, 2.05) is 66.9 Å². The Bertz CT molecular complexity index is 959. The van der Waals surface area contributed by atoms with E-state index in [2.05, 4.69) is 15.7 Å². The van der Waals surface area contributed by atoms with Crippen LogP contribution in [0.15, 0.2) is 65.7 Å². The molecule has 0 spiro atoms. The first-order valence-electron chi connectivity index (χ1n) is 8.66. The van der Waals surface area contributed by atoms with Crippen molar-refractivity contribution in [1.82, 2.24) is 9.78 Å². The molecule has 1 aromatic heterocycles. The molecule has 0 saturated carbocycles. The van der Waals surface area contributed by atoms with Crippen molar-refractivity contribution in [3.8, 4) is 5.69 Å². The number of thiocarbonyl (C=S) groups is 1. The van der Waals surface area contributed by atoms with E-state index in [9.17, 15) is 4.79 Å². The van der Waals surface area contributed by atoms with E-state index in [0.717, 1.165) is 11.4 Å². The van der Waals surface area contributed by atoms with Gasteiger partial charge >= 0.3 is 5.97 Å². The molecule has 0 unspecified atom stereocenters. The molecule has 1 heterocycles. The molecule has 2 aromatic carbocycles. The van der Waals surface area contributed by atoms with Gasteiger partial charge in [-0.25, -0.2) is 9.48 Å². The van der Waals surface area contributed by atoms with Crippen molar-refractivity contribution < 1.29 is 9.53 Å². The molecule has 0 saturated heterocycles. The average molecular weight is 413 g/mol. The third-order valence-corrected chi connectivity index (χ3v) is 4.67. The number of esters is 1. The lowest BCUT2D eigenvalue weighted by atomic mass is 10.3. The maximum atomic E-state index is 12.6. The highest BCUT2D eigenvalue weighted by molar-refractivity contribution is 7.98. The Labute approximate surface area is 173 Å². The third-order valence-electron chi connectivity index (χ3n) is 3.79. The number of ether oxygens (including phenoxy) is 1. The highest BCUT2D eigenvalue weighted by Crippen LogP contribution is 2.30. The molecule has 6 nitrogen and oxygen atoms in total. The minimum atomic E-state index is -0.445. The number of benzene rings is 2. The molecule has 0 amide bonds. The fourth-order valence-corrected chi connectivity index (χ4v) is 3.35. The van der Waals surface area contributed by atoms with E-state index in [1.165, 1.54) is 11.8 Å². The van der Waals surface area contributed by atoms with Crippen LogP contribution in [0.5, 0.6) is 0 Å². The van der Waals surface area contributed by atoms with Crippen molar-refractivity contribution in [3.63, 3.8) is 0 Å². The fraction of sp³-hybridized carbons (Fsp3) is 0.150. The van der Waals surface area contributed by atoms with Crippen LogP contribution in [0.1, 0.15) is 17.3 Å². The van der Waals surface area contributed by atoms with Crippen LogP contribution >= 0.6 is 24.0 Å². The van der Waals surface area contributed by atoms with E-state index in [1.54, 1.807) is 11.6 Å². The smallest absolute Gasteiger partial charge is 0.344 e. The van der Waals surface area contributed by atoms with E-state index >= 15 is 0 Å². The van der Waals surface area contributed by atoms with Crippen molar-refractivity contribution in [2.75, 3.05) is 23.5 Å². The average Bonchev–Trinajstić information content (AvgIpc) is 3.07. The first-order valence-corrected chi connectivity index (χ1v) is 10.3. The number of hydrogen-bond donors (Lipinski definition) is 2. The minimum Gasteiger partial charge on any atom is -0.462 e. The Morgan fingerprint density at radius 2 is 1.75 bits per heavy atom. The summed E-state index contributed by atoms with van der Waals surface area (Å²) in [6, 6.07) is 19.1. The Morgan fingerprint density at radius 3 is 2.36 bits per heavy atom. The summed E-state index contributed by atoms with van der Waals surface area (Å²) in [6.07, 6.45) is 1.87. The molecule has 8 heteroatoms. The molecule has 144 valence electrons. The second-order valence-corrected chi connectivity index (χ2v) is 6.85. The SMILES string of the molecule is CCOC(=O)c1c(SC)nn(-c2ccccc2)c1NC(=S)Nc1ccccc1. The molecular weight excluding hydrogens is 392 g/mol.